The molecule has 3 N–H and O–H groups in total. The summed E-state index contributed by atoms with van der Waals surface area (Å²) in [7, 11) is 0. The summed E-state index contributed by atoms with van der Waals surface area (Å²) in [4.78, 5) is 0. The summed E-state index contributed by atoms with van der Waals surface area (Å²) in [6.45, 7) is 1.92. The smallest absolute Gasteiger partial charge is 0.387 e. The van der Waals surface area contributed by atoms with Crippen LogP contribution >= 0.6 is 0 Å². The Labute approximate surface area is 116 Å². The maximum Gasteiger partial charge on any atom is 0.387 e. The fourth-order valence-electron chi connectivity index (χ4n) is 2.30. The maximum atomic E-state index is 13.4. The van der Waals surface area contributed by atoms with E-state index < -0.39 is 18.2 Å². The standard InChI is InChI=1S/C14H19F3N2O/c1-8(2)14(3-4-14)7-19-11-6-12(20-13(16)17)9(15)5-10(11)18/h5-6,8,13,19H,3-4,7,18H2,1-2H3. The van der Waals surface area contributed by atoms with Crippen molar-refractivity contribution < 1.29 is 17.9 Å². The van der Waals surface area contributed by atoms with Crippen LogP contribution in [-0.4, -0.2) is 13.2 Å². The van der Waals surface area contributed by atoms with Gasteiger partial charge in [-0.05, 0) is 24.2 Å². The Kier molecular flexibility index (Phi) is 4.01. The summed E-state index contributed by atoms with van der Waals surface area (Å²) in [6, 6.07) is 2.18. The van der Waals surface area contributed by atoms with Crippen molar-refractivity contribution in [3.63, 3.8) is 0 Å². The van der Waals surface area contributed by atoms with Gasteiger partial charge in [0.2, 0.25) is 0 Å². The molecule has 6 heteroatoms. The second kappa shape index (κ2) is 5.42. The van der Waals surface area contributed by atoms with E-state index in [1.54, 1.807) is 0 Å². The van der Waals surface area contributed by atoms with Gasteiger partial charge in [-0.1, -0.05) is 13.8 Å². The van der Waals surface area contributed by atoms with Gasteiger partial charge >= 0.3 is 6.61 Å². The van der Waals surface area contributed by atoms with Crippen molar-refractivity contribution in [3.8, 4) is 5.75 Å². The van der Waals surface area contributed by atoms with Crippen molar-refractivity contribution in [2.45, 2.75) is 33.3 Å². The molecule has 0 amide bonds. The topological polar surface area (TPSA) is 47.3 Å². The molecule has 1 fully saturated rings. The molecule has 1 aliphatic rings. The van der Waals surface area contributed by atoms with Crippen molar-refractivity contribution in [1.29, 1.82) is 0 Å². The van der Waals surface area contributed by atoms with Gasteiger partial charge in [0, 0.05) is 18.7 Å². The summed E-state index contributed by atoms with van der Waals surface area (Å²) in [5.74, 6) is -0.863. The van der Waals surface area contributed by atoms with Crippen LogP contribution in [0, 0.1) is 17.2 Å². The van der Waals surface area contributed by atoms with Crippen molar-refractivity contribution in [2.24, 2.45) is 11.3 Å². The zero-order chi connectivity index (χ0) is 14.9. The number of alkyl halides is 2. The molecule has 20 heavy (non-hydrogen) atoms. The highest BCUT2D eigenvalue weighted by Gasteiger charge is 2.44. The molecule has 0 radical (unpaired) electrons. The second-order valence-corrected chi connectivity index (χ2v) is 5.62. The molecule has 1 saturated carbocycles. The molecule has 0 aromatic heterocycles. The number of nitrogen functional groups attached to an aromatic ring is 1. The van der Waals surface area contributed by atoms with Crippen LogP contribution in [0.2, 0.25) is 0 Å². The van der Waals surface area contributed by atoms with Crippen LogP contribution in [0.15, 0.2) is 12.1 Å². The van der Waals surface area contributed by atoms with Gasteiger partial charge < -0.3 is 15.8 Å². The molecule has 2 rings (SSSR count). The van der Waals surface area contributed by atoms with Crippen LogP contribution in [0.3, 0.4) is 0 Å². The highest BCUT2D eigenvalue weighted by atomic mass is 19.3. The zero-order valence-electron chi connectivity index (χ0n) is 11.6. The van der Waals surface area contributed by atoms with Gasteiger partial charge in [-0.25, -0.2) is 4.39 Å². The van der Waals surface area contributed by atoms with Crippen LogP contribution in [0.5, 0.6) is 5.75 Å². The first-order chi connectivity index (χ1) is 9.34. The number of rotatable bonds is 6. The van der Waals surface area contributed by atoms with E-state index in [1.165, 1.54) is 6.07 Å². The molecule has 3 nitrogen and oxygen atoms in total. The van der Waals surface area contributed by atoms with Crippen molar-refractivity contribution in [3.05, 3.63) is 17.9 Å². The molecule has 1 aromatic rings. The predicted octanol–water partition coefficient (Wildman–Crippen LogP) is 3.86. The first-order valence-electron chi connectivity index (χ1n) is 6.62. The Morgan fingerprint density at radius 2 is 2.00 bits per heavy atom. The third-order valence-electron chi connectivity index (χ3n) is 4.07. The lowest BCUT2D eigenvalue weighted by molar-refractivity contribution is -0.0521. The molecular formula is C14H19F3N2O. The summed E-state index contributed by atoms with van der Waals surface area (Å²) < 4.78 is 41.9. The van der Waals surface area contributed by atoms with Gasteiger partial charge in [0.05, 0.1) is 11.4 Å². The third-order valence-corrected chi connectivity index (χ3v) is 4.07. The second-order valence-electron chi connectivity index (χ2n) is 5.62. The number of hydrogen-bond acceptors (Lipinski definition) is 3. The van der Waals surface area contributed by atoms with Crippen molar-refractivity contribution >= 4 is 11.4 Å². The fourth-order valence-corrected chi connectivity index (χ4v) is 2.30. The number of halogens is 3. The van der Waals surface area contributed by atoms with Crippen LogP contribution in [0.1, 0.15) is 26.7 Å². The molecule has 0 spiro atoms. The molecule has 0 saturated heterocycles. The molecule has 1 aromatic carbocycles. The van der Waals surface area contributed by atoms with E-state index in [0.717, 1.165) is 18.9 Å². The summed E-state index contributed by atoms with van der Waals surface area (Å²) in [5.41, 5.74) is 6.54. The fraction of sp³-hybridized carbons (Fsp3) is 0.571. The van der Waals surface area contributed by atoms with E-state index in [0.29, 0.717) is 18.2 Å². The van der Waals surface area contributed by atoms with E-state index >= 15 is 0 Å². The predicted molar refractivity (Wildman–Crippen MR) is 72.4 cm³/mol. The van der Waals surface area contributed by atoms with Crippen molar-refractivity contribution in [2.75, 3.05) is 17.6 Å². The Hall–Kier alpha value is -1.59. The maximum absolute atomic E-state index is 13.4. The SMILES string of the molecule is CC(C)C1(CNc2cc(OC(F)F)c(F)cc2N)CC1. The van der Waals surface area contributed by atoms with E-state index in [-0.39, 0.29) is 11.1 Å². The van der Waals surface area contributed by atoms with E-state index in [1.807, 2.05) is 0 Å². The average Bonchev–Trinajstić information content (AvgIpc) is 3.11. The third kappa shape index (κ3) is 3.11. The summed E-state index contributed by atoms with van der Waals surface area (Å²) >= 11 is 0. The number of nitrogens with two attached hydrogens (primary N) is 1. The lowest BCUT2D eigenvalue weighted by Crippen LogP contribution is -2.21. The van der Waals surface area contributed by atoms with Crippen LogP contribution < -0.4 is 15.8 Å². The monoisotopic (exact) mass is 288 g/mol. The minimum atomic E-state index is -3.06. The Balaban J connectivity index is 2.11. The van der Waals surface area contributed by atoms with Gasteiger partial charge in [-0.15, -0.1) is 0 Å². The van der Waals surface area contributed by atoms with Gasteiger partial charge in [-0.3, -0.25) is 0 Å². The van der Waals surface area contributed by atoms with E-state index in [4.69, 9.17) is 5.73 Å². The summed E-state index contributed by atoms with van der Waals surface area (Å²) in [5, 5.41) is 3.12. The summed E-state index contributed by atoms with van der Waals surface area (Å²) in [6.07, 6.45) is 2.25. The highest BCUT2D eigenvalue weighted by molar-refractivity contribution is 5.68. The number of anilines is 2. The molecule has 0 atom stereocenters. The number of nitrogens with one attached hydrogen (secondary N) is 1. The van der Waals surface area contributed by atoms with Crippen LogP contribution in [-0.2, 0) is 0 Å². The van der Waals surface area contributed by atoms with Crippen LogP contribution in [0.25, 0.3) is 0 Å². The molecule has 0 heterocycles. The molecule has 112 valence electrons. The van der Waals surface area contributed by atoms with Gasteiger partial charge in [-0.2, -0.15) is 8.78 Å². The van der Waals surface area contributed by atoms with Gasteiger partial charge in [0.15, 0.2) is 11.6 Å². The largest absolute Gasteiger partial charge is 0.432 e. The quantitative estimate of drug-likeness (QED) is 0.781. The van der Waals surface area contributed by atoms with Gasteiger partial charge in [0.25, 0.3) is 0 Å². The van der Waals surface area contributed by atoms with Crippen LogP contribution in [0.4, 0.5) is 24.5 Å². The zero-order valence-corrected chi connectivity index (χ0v) is 11.6. The highest BCUT2D eigenvalue weighted by Crippen LogP contribution is 2.51. The molecular weight excluding hydrogens is 269 g/mol. The Morgan fingerprint density at radius 1 is 1.35 bits per heavy atom. The number of ether oxygens (including phenoxy) is 1. The Morgan fingerprint density at radius 3 is 2.50 bits per heavy atom. The lowest BCUT2D eigenvalue weighted by Gasteiger charge is -2.21. The average molecular weight is 288 g/mol. The molecule has 0 bridgehead atoms. The molecule has 1 aliphatic carbocycles. The number of benzene rings is 1. The minimum Gasteiger partial charge on any atom is -0.432 e. The minimum absolute atomic E-state index is 0.184. The van der Waals surface area contributed by atoms with Crippen molar-refractivity contribution in [1.82, 2.24) is 0 Å². The first-order valence-corrected chi connectivity index (χ1v) is 6.62. The molecule has 0 aliphatic heterocycles. The molecule has 0 unspecified atom stereocenters. The van der Waals surface area contributed by atoms with E-state index in [2.05, 4.69) is 23.9 Å². The first kappa shape index (κ1) is 14.8. The Bertz CT molecular complexity index is 488. The lowest BCUT2D eigenvalue weighted by atomic mass is 9.92. The number of hydrogen-bond donors (Lipinski definition) is 2. The van der Waals surface area contributed by atoms with E-state index in [9.17, 15) is 13.2 Å². The van der Waals surface area contributed by atoms with Gasteiger partial charge in [0.1, 0.15) is 0 Å². The normalized spacial score (nSPS) is 16.6.